The van der Waals surface area contributed by atoms with Crippen molar-refractivity contribution in [2.24, 2.45) is 0 Å². The van der Waals surface area contributed by atoms with Crippen LogP contribution in [0, 0.1) is 0 Å². The molecule has 2 unspecified atom stereocenters. The summed E-state index contributed by atoms with van der Waals surface area (Å²) in [5.74, 6) is 0.629. The maximum absolute atomic E-state index is 13.2. The average molecular weight is 454 g/mol. The molecule has 0 saturated carbocycles. The molecule has 4 rings (SSSR count). The van der Waals surface area contributed by atoms with Gasteiger partial charge >= 0.3 is 6.03 Å². The lowest BCUT2D eigenvalue weighted by Crippen LogP contribution is -2.52. The molecule has 0 bridgehead atoms. The quantitative estimate of drug-likeness (QED) is 0.696. The minimum atomic E-state index is -0.274. The van der Waals surface area contributed by atoms with Crippen molar-refractivity contribution in [1.82, 2.24) is 9.80 Å². The third-order valence-corrected chi connectivity index (χ3v) is 5.93. The first kappa shape index (κ1) is 23.1. The van der Waals surface area contributed by atoms with Gasteiger partial charge in [-0.3, -0.25) is 4.79 Å². The number of hydrogen-bond acceptors (Lipinski definition) is 5. The summed E-state index contributed by atoms with van der Waals surface area (Å²) < 4.78 is 17.0. The van der Waals surface area contributed by atoms with Crippen molar-refractivity contribution in [2.45, 2.75) is 25.0 Å². The molecule has 2 aromatic rings. The van der Waals surface area contributed by atoms with Crippen molar-refractivity contribution < 1.29 is 23.8 Å². The van der Waals surface area contributed by atoms with Crippen LogP contribution in [-0.4, -0.2) is 80.4 Å². The van der Waals surface area contributed by atoms with Gasteiger partial charge in [0.2, 0.25) is 0 Å². The third kappa shape index (κ3) is 6.24. The molecule has 2 heterocycles. The van der Waals surface area contributed by atoms with E-state index in [0.717, 1.165) is 19.4 Å². The second-order valence-corrected chi connectivity index (χ2v) is 8.31. The predicted molar refractivity (Wildman–Crippen MR) is 125 cm³/mol. The highest BCUT2D eigenvalue weighted by Crippen LogP contribution is 2.19. The van der Waals surface area contributed by atoms with Gasteiger partial charge in [-0.2, -0.15) is 0 Å². The Labute approximate surface area is 194 Å². The number of nitrogens with one attached hydrogen (secondary N) is 1. The van der Waals surface area contributed by atoms with Gasteiger partial charge in [0.15, 0.2) is 0 Å². The monoisotopic (exact) mass is 453 g/mol. The number of nitrogens with zero attached hydrogens (tertiary/aromatic N) is 2. The number of amides is 3. The highest BCUT2D eigenvalue weighted by Gasteiger charge is 2.30. The van der Waals surface area contributed by atoms with Gasteiger partial charge in [0, 0.05) is 43.6 Å². The van der Waals surface area contributed by atoms with Crippen LogP contribution in [-0.2, 0) is 9.47 Å². The fourth-order valence-corrected chi connectivity index (χ4v) is 4.20. The highest BCUT2D eigenvalue weighted by molar-refractivity contribution is 5.94. The fourth-order valence-electron chi connectivity index (χ4n) is 4.20. The number of urea groups is 1. The van der Waals surface area contributed by atoms with E-state index >= 15 is 0 Å². The van der Waals surface area contributed by atoms with Gasteiger partial charge < -0.3 is 29.3 Å². The van der Waals surface area contributed by atoms with Crippen molar-refractivity contribution in [2.75, 3.05) is 51.8 Å². The Balaban J connectivity index is 1.40. The van der Waals surface area contributed by atoms with Crippen molar-refractivity contribution in [3.63, 3.8) is 0 Å². The van der Waals surface area contributed by atoms with Crippen LogP contribution in [0.1, 0.15) is 23.2 Å². The summed E-state index contributed by atoms with van der Waals surface area (Å²) in [7, 11) is 1.59. The van der Waals surface area contributed by atoms with Crippen molar-refractivity contribution >= 4 is 17.6 Å². The Hall–Kier alpha value is -3.10. The molecule has 33 heavy (non-hydrogen) atoms. The van der Waals surface area contributed by atoms with Gasteiger partial charge in [-0.25, -0.2) is 4.79 Å². The third-order valence-electron chi connectivity index (χ3n) is 5.93. The number of carbonyl (C=O) groups excluding carboxylic acids is 2. The average Bonchev–Trinajstić information content (AvgIpc) is 3.37. The topological polar surface area (TPSA) is 80.3 Å². The van der Waals surface area contributed by atoms with Gasteiger partial charge in [-0.1, -0.05) is 24.3 Å². The zero-order valence-corrected chi connectivity index (χ0v) is 18.9. The number of morpholine rings is 1. The van der Waals surface area contributed by atoms with E-state index in [9.17, 15) is 9.59 Å². The molecule has 2 atom stereocenters. The van der Waals surface area contributed by atoms with E-state index in [2.05, 4.69) is 5.32 Å². The zero-order valence-electron chi connectivity index (χ0n) is 18.9. The van der Waals surface area contributed by atoms with Crippen molar-refractivity contribution in [1.29, 1.82) is 0 Å². The van der Waals surface area contributed by atoms with E-state index in [-0.39, 0.29) is 24.1 Å². The van der Waals surface area contributed by atoms with E-state index in [1.54, 1.807) is 23.0 Å². The summed E-state index contributed by atoms with van der Waals surface area (Å²) >= 11 is 0. The minimum Gasteiger partial charge on any atom is -0.497 e. The number of ether oxygens (including phenoxy) is 3. The van der Waals surface area contributed by atoms with Crippen LogP contribution in [0.2, 0.25) is 0 Å². The van der Waals surface area contributed by atoms with Gasteiger partial charge in [0.05, 0.1) is 32.5 Å². The maximum Gasteiger partial charge on any atom is 0.322 e. The largest absolute Gasteiger partial charge is 0.497 e. The molecule has 8 nitrogen and oxygen atoms in total. The first-order chi connectivity index (χ1) is 16.1. The number of rotatable bonds is 7. The van der Waals surface area contributed by atoms with Gasteiger partial charge in [-0.15, -0.1) is 0 Å². The molecule has 2 fully saturated rings. The Morgan fingerprint density at radius 1 is 1.06 bits per heavy atom. The van der Waals surface area contributed by atoms with Crippen LogP contribution in [0.15, 0.2) is 54.6 Å². The van der Waals surface area contributed by atoms with E-state index < -0.39 is 0 Å². The molecule has 0 aromatic heterocycles. The van der Waals surface area contributed by atoms with Gasteiger partial charge in [0.25, 0.3) is 5.91 Å². The Morgan fingerprint density at radius 3 is 2.61 bits per heavy atom. The number of carbonyl (C=O) groups is 2. The lowest BCUT2D eigenvalue weighted by molar-refractivity contribution is -0.0315. The van der Waals surface area contributed by atoms with Crippen LogP contribution in [0.3, 0.4) is 0 Å². The molecular weight excluding hydrogens is 422 g/mol. The summed E-state index contributed by atoms with van der Waals surface area (Å²) in [6, 6.07) is 16.3. The normalized spacial score (nSPS) is 20.3. The molecule has 0 spiro atoms. The first-order valence-corrected chi connectivity index (χ1v) is 11.4. The molecule has 8 heteroatoms. The predicted octanol–water partition coefficient (Wildman–Crippen LogP) is 3.25. The molecular formula is C25H31N3O5. The summed E-state index contributed by atoms with van der Waals surface area (Å²) in [5, 5.41) is 2.92. The molecule has 2 aromatic carbocycles. The highest BCUT2D eigenvalue weighted by atomic mass is 16.5. The van der Waals surface area contributed by atoms with Crippen LogP contribution >= 0.6 is 0 Å². The zero-order chi connectivity index (χ0) is 23.0. The van der Waals surface area contributed by atoms with Crippen LogP contribution in [0.5, 0.6) is 5.75 Å². The molecule has 3 amide bonds. The molecule has 0 aliphatic carbocycles. The molecule has 2 aliphatic rings. The Morgan fingerprint density at radius 2 is 1.85 bits per heavy atom. The summed E-state index contributed by atoms with van der Waals surface area (Å²) in [5.41, 5.74) is 1.31. The Kier molecular flexibility index (Phi) is 7.80. The lowest BCUT2D eigenvalue weighted by Gasteiger charge is -2.36. The lowest BCUT2D eigenvalue weighted by atomic mass is 10.1. The van der Waals surface area contributed by atoms with E-state index in [4.69, 9.17) is 14.2 Å². The summed E-state index contributed by atoms with van der Waals surface area (Å²) in [6.45, 7) is 2.96. The van der Waals surface area contributed by atoms with E-state index in [1.807, 2.05) is 48.5 Å². The fraction of sp³-hybridized carbons (Fsp3) is 0.440. The first-order valence-electron chi connectivity index (χ1n) is 11.4. The molecule has 0 radical (unpaired) electrons. The maximum atomic E-state index is 13.2. The SMILES string of the molecule is COc1cccc(NC(=O)N2CCOC(CN(CC3CCCO3)C(=O)c3ccccc3)C2)c1. The minimum absolute atomic E-state index is 0.0358. The molecule has 2 saturated heterocycles. The number of hydrogen-bond donors (Lipinski definition) is 1. The number of anilines is 1. The Bertz CT molecular complexity index is 933. The second-order valence-electron chi connectivity index (χ2n) is 8.31. The smallest absolute Gasteiger partial charge is 0.322 e. The van der Waals surface area contributed by atoms with Crippen LogP contribution < -0.4 is 10.1 Å². The van der Waals surface area contributed by atoms with Gasteiger partial charge in [0.1, 0.15) is 5.75 Å². The summed E-state index contributed by atoms with van der Waals surface area (Å²) in [4.78, 5) is 29.6. The van der Waals surface area contributed by atoms with Crippen molar-refractivity contribution in [3.05, 3.63) is 60.2 Å². The molecule has 1 N–H and O–H groups in total. The van der Waals surface area contributed by atoms with Crippen molar-refractivity contribution in [3.8, 4) is 5.75 Å². The van der Waals surface area contributed by atoms with Gasteiger partial charge in [-0.05, 0) is 37.1 Å². The number of methoxy groups -OCH3 is 1. The second kappa shape index (κ2) is 11.2. The molecule has 2 aliphatic heterocycles. The standard InChI is InChI=1S/C25H31N3O5/c1-31-21-10-5-9-20(15-21)26-25(30)27-12-14-33-23(17-27)18-28(16-22-11-6-13-32-22)24(29)19-7-3-2-4-8-19/h2-5,7-10,15,22-23H,6,11-14,16-18H2,1H3,(H,26,30). The van der Waals surface area contributed by atoms with Crippen LogP contribution in [0.25, 0.3) is 0 Å². The van der Waals surface area contributed by atoms with Crippen LogP contribution in [0.4, 0.5) is 10.5 Å². The van der Waals surface area contributed by atoms with E-state index in [0.29, 0.717) is 49.8 Å². The molecule has 176 valence electrons. The number of benzene rings is 2. The van der Waals surface area contributed by atoms with E-state index in [1.165, 1.54) is 0 Å². The summed E-state index contributed by atoms with van der Waals surface area (Å²) in [6.07, 6.45) is 1.72.